The molecule has 0 aliphatic heterocycles. The van der Waals surface area contributed by atoms with Gasteiger partial charge in [-0.25, -0.2) is 4.79 Å². The van der Waals surface area contributed by atoms with Crippen LogP contribution in [0.5, 0.6) is 0 Å². The number of hydrogen-bond acceptors (Lipinski definition) is 3. The van der Waals surface area contributed by atoms with Gasteiger partial charge in [-0.15, -0.1) is 0 Å². The molecule has 0 aromatic heterocycles. The van der Waals surface area contributed by atoms with Gasteiger partial charge in [-0.2, -0.15) is 0 Å². The second kappa shape index (κ2) is 5.87. The van der Waals surface area contributed by atoms with Gasteiger partial charge >= 0.3 is 5.97 Å². The minimum absolute atomic E-state index is 0.111. The second-order valence-corrected chi connectivity index (χ2v) is 5.39. The van der Waals surface area contributed by atoms with Gasteiger partial charge in [-0.3, -0.25) is 0 Å². The first kappa shape index (κ1) is 14.9. The first-order valence-electron chi connectivity index (χ1n) is 6.90. The van der Waals surface area contributed by atoms with Gasteiger partial charge in [-0.1, -0.05) is 38.1 Å². The van der Waals surface area contributed by atoms with E-state index in [2.05, 4.69) is 25.2 Å². The maximum absolute atomic E-state index is 11.2. The van der Waals surface area contributed by atoms with Crippen LogP contribution in [0.3, 0.4) is 0 Å². The van der Waals surface area contributed by atoms with Crippen LogP contribution >= 0.6 is 0 Å². The van der Waals surface area contributed by atoms with Crippen molar-refractivity contribution in [3.05, 3.63) is 53.1 Å². The Morgan fingerprint density at radius 3 is 2.48 bits per heavy atom. The Balaban J connectivity index is 2.49. The van der Waals surface area contributed by atoms with E-state index in [1.807, 2.05) is 19.1 Å². The number of hydrogen-bond donors (Lipinski definition) is 3. The summed E-state index contributed by atoms with van der Waals surface area (Å²) in [6.07, 6.45) is 0. The molecule has 0 bridgehead atoms. The third-order valence-corrected chi connectivity index (χ3v) is 3.52. The first-order chi connectivity index (χ1) is 9.91. The van der Waals surface area contributed by atoms with Crippen LogP contribution in [-0.2, 0) is 0 Å². The van der Waals surface area contributed by atoms with Gasteiger partial charge in [-0.05, 0) is 36.1 Å². The number of para-hydroxylation sites is 2. The number of nitrogen functional groups attached to an aromatic ring is 1. The fraction of sp³-hybridized carbons (Fsp3) is 0.235. The number of nitrogens with one attached hydrogen (secondary N) is 1. The fourth-order valence-corrected chi connectivity index (χ4v) is 2.34. The molecule has 2 aromatic carbocycles. The van der Waals surface area contributed by atoms with Crippen LogP contribution in [0.25, 0.3) is 0 Å². The molecule has 0 saturated carbocycles. The highest BCUT2D eigenvalue weighted by molar-refractivity contribution is 5.97. The maximum atomic E-state index is 11.2. The van der Waals surface area contributed by atoms with Crippen molar-refractivity contribution < 1.29 is 9.90 Å². The Labute approximate surface area is 124 Å². The Hall–Kier alpha value is -2.49. The number of carbonyl (C=O) groups is 1. The molecule has 0 unspecified atom stereocenters. The molecule has 4 heteroatoms. The lowest BCUT2D eigenvalue weighted by Gasteiger charge is -2.19. The first-order valence-corrected chi connectivity index (χ1v) is 6.90. The molecule has 0 amide bonds. The van der Waals surface area contributed by atoms with Gasteiger partial charge in [0.15, 0.2) is 0 Å². The monoisotopic (exact) mass is 284 g/mol. The molecule has 0 heterocycles. The predicted molar refractivity (Wildman–Crippen MR) is 86.4 cm³/mol. The van der Waals surface area contributed by atoms with Crippen molar-refractivity contribution in [3.8, 4) is 0 Å². The molecule has 0 fully saturated rings. The average molecular weight is 284 g/mol. The lowest BCUT2D eigenvalue weighted by atomic mass is 9.98. The molecule has 0 spiro atoms. The molecular weight excluding hydrogens is 264 g/mol. The lowest BCUT2D eigenvalue weighted by Crippen LogP contribution is -2.07. The Morgan fingerprint density at radius 1 is 1.19 bits per heavy atom. The van der Waals surface area contributed by atoms with Crippen molar-refractivity contribution in [2.24, 2.45) is 0 Å². The third-order valence-electron chi connectivity index (χ3n) is 3.52. The topological polar surface area (TPSA) is 75.3 Å². The van der Waals surface area contributed by atoms with Crippen molar-refractivity contribution in [3.63, 3.8) is 0 Å². The van der Waals surface area contributed by atoms with Gasteiger partial charge in [0, 0.05) is 5.69 Å². The van der Waals surface area contributed by atoms with Crippen molar-refractivity contribution in [1.82, 2.24) is 0 Å². The quantitative estimate of drug-likeness (QED) is 0.737. The normalized spacial score (nSPS) is 10.7. The van der Waals surface area contributed by atoms with E-state index in [0.29, 0.717) is 11.6 Å². The summed E-state index contributed by atoms with van der Waals surface area (Å²) in [4.78, 5) is 11.2. The molecular formula is C17H20N2O2. The number of benzene rings is 2. The van der Waals surface area contributed by atoms with Crippen molar-refractivity contribution in [1.29, 1.82) is 0 Å². The molecule has 0 aliphatic rings. The number of nitrogens with two attached hydrogens (primary N) is 1. The second-order valence-electron chi connectivity index (χ2n) is 5.39. The Bertz CT molecular complexity index is 678. The molecule has 110 valence electrons. The van der Waals surface area contributed by atoms with Crippen LogP contribution in [-0.4, -0.2) is 11.1 Å². The standard InChI is InChI=1S/C17H20N2O2/c1-10(2)12-7-4-6-11(3)16(12)19-14-9-5-8-13(15(14)18)17(20)21/h4-10,19H,18H2,1-3H3,(H,20,21). The summed E-state index contributed by atoms with van der Waals surface area (Å²) in [5, 5.41) is 12.4. The van der Waals surface area contributed by atoms with Crippen molar-refractivity contribution >= 4 is 23.0 Å². The van der Waals surface area contributed by atoms with E-state index in [1.165, 1.54) is 11.6 Å². The third kappa shape index (κ3) is 2.99. The zero-order valence-corrected chi connectivity index (χ0v) is 12.5. The zero-order chi connectivity index (χ0) is 15.6. The molecule has 2 aromatic rings. The van der Waals surface area contributed by atoms with Gasteiger partial charge in [0.1, 0.15) is 0 Å². The highest BCUT2D eigenvalue weighted by atomic mass is 16.4. The van der Waals surface area contributed by atoms with E-state index < -0.39 is 5.97 Å². The minimum atomic E-state index is -1.02. The molecule has 0 saturated heterocycles. The van der Waals surface area contributed by atoms with Gasteiger partial charge in [0.05, 0.1) is 16.9 Å². The summed E-state index contributed by atoms with van der Waals surface area (Å²) in [5.41, 5.74) is 10.2. The summed E-state index contributed by atoms with van der Waals surface area (Å²) >= 11 is 0. The van der Waals surface area contributed by atoms with Crippen molar-refractivity contribution in [2.45, 2.75) is 26.7 Å². The van der Waals surface area contributed by atoms with E-state index in [-0.39, 0.29) is 11.3 Å². The fourth-order valence-electron chi connectivity index (χ4n) is 2.34. The van der Waals surface area contributed by atoms with Gasteiger partial charge in [0.25, 0.3) is 0 Å². The number of carboxylic acid groups (broad SMARTS) is 1. The molecule has 0 radical (unpaired) electrons. The number of rotatable bonds is 4. The SMILES string of the molecule is Cc1cccc(C(C)C)c1Nc1cccc(C(=O)O)c1N. The maximum Gasteiger partial charge on any atom is 0.337 e. The Kier molecular flexibility index (Phi) is 4.17. The molecule has 4 N–H and O–H groups in total. The van der Waals surface area contributed by atoms with Crippen LogP contribution in [0, 0.1) is 6.92 Å². The largest absolute Gasteiger partial charge is 0.478 e. The molecule has 0 aliphatic carbocycles. The molecule has 21 heavy (non-hydrogen) atoms. The summed E-state index contributed by atoms with van der Waals surface area (Å²) < 4.78 is 0. The highest BCUT2D eigenvalue weighted by Crippen LogP contribution is 2.33. The van der Waals surface area contributed by atoms with Gasteiger partial charge in [0.2, 0.25) is 0 Å². The van der Waals surface area contributed by atoms with E-state index >= 15 is 0 Å². The van der Waals surface area contributed by atoms with E-state index in [4.69, 9.17) is 10.8 Å². The number of carboxylic acids is 1. The van der Waals surface area contributed by atoms with Crippen LogP contribution in [0.15, 0.2) is 36.4 Å². The van der Waals surface area contributed by atoms with Crippen molar-refractivity contribution in [2.75, 3.05) is 11.1 Å². The molecule has 2 rings (SSSR count). The summed E-state index contributed by atoms with van der Waals surface area (Å²) in [7, 11) is 0. The highest BCUT2D eigenvalue weighted by Gasteiger charge is 2.14. The average Bonchev–Trinajstić information content (AvgIpc) is 2.42. The van der Waals surface area contributed by atoms with Crippen LogP contribution in [0.4, 0.5) is 17.1 Å². The van der Waals surface area contributed by atoms with Crippen LogP contribution in [0.1, 0.15) is 41.3 Å². The van der Waals surface area contributed by atoms with Crippen LogP contribution in [0.2, 0.25) is 0 Å². The zero-order valence-electron chi connectivity index (χ0n) is 12.5. The Morgan fingerprint density at radius 2 is 1.86 bits per heavy atom. The van der Waals surface area contributed by atoms with E-state index in [0.717, 1.165) is 11.3 Å². The predicted octanol–water partition coefficient (Wildman–Crippen LogP) is 4.14. The summed E-state index contributed by atoms with van der Waals surface area (Å²) in [6.45, 7) is 6.26. The summed E-state index contributed by atoms with van der Waals surface area (Å²) in [5.74, 6) is -0.665. The van der Waals surface area contributed by atoms with Gasteiger partial charge < -0.3 is 16.2 Å². The number of anilines is 3. The van der Waals surface area contributed by atoms with Crippen LogP contribution < -0.4 is 11.1 Å². The lowest BCUT2D eigenvalue weighted by molar-refractivity contribution is 0.0698. The van der Waals surface area contributed by atoms with E-state index in [1.54, 1.807) is 12.1 Å². The number of aryl methyl sites for hydroxylation is 1. The molecule has 0 atom stereocenters. The summed E-state index contributed by atoms with van der Waals surface area (Å²) in [6, 6.07) is 11.1. The van der Waals surface area contributed by atoms with E-state index in [9.17, 15) is 4.79 Å². The minimum Gasteiger partial charge on any atom is -0.478 e. The smallest absolute Gasteiger partial charge is 0.337 e. The number of aromatic carboxylic acids is 1. The molecule has 4 nitrogen and oxygen atoms in total.